The average Bonchev–Trinajstić information content (AvgIpc) is 3.44. The van der Waals surface area contributed by atoms with Gasteiger partial charge in [0, 0.05) is 31.9 Å². The zero-order chi connectivity index (χ0) is 25.2. The fourth-order valence-electron chi connectivity index (χ4n) is 4.40. The molecule has 1 saturated heterocycles. The number of anilines is 2. The highest BCUT2D eigenvalue weighted by Gasteiger charge is 2.24. The zero-order valence-electron chi connectivity index (χ0n) is 19.5. The van der Waals surface area contributed by atoms with E-state index in [4.69, 9.17) is 16.3 Å². The Bertz CT molecular complexity index is 1440. The quantitative estimate of drug-likeness (QED) is 0.289. The lowest BCUT2D eigenvalue weighted by molar-refractivity contribution is 0.0751. The molecule has 0 saturated carbocycles. The second-order valence-corrected chi connectivity index (χ2v) is 10.5. The minimum absolute atomic E-state index is 0.0737. The number of ether oxygens (including phenoxy) is 1. The van der Waals surface area contributed by atoms with Gasteiger partial charge in [0.2, 0.25) is 0 Å². The van der Waals surface area contributed by atoms with Crippen LogP contribution in [0.25, 0.3) is 10.8 Å². The van der Waals surface area contributed by atoms with Gasteiger partial charge in [-0.1, -0.05) is 41.9 Å². The summed E-state index contributed by atoms with van der Waals surface area (Å²) in [5.74, 6) is 0.260. The number of nitrogens with one attached hydrogen (secondary N) is 1. The monoisotopic (exact) mass is 583 g/mol. The third kappa shape index (κ3) is 4.81. The fourth-order valence-corrected chi connectivity index (χ4v) is 6.13. The number of methoxy groups -OCH3 is 1. The molecular formula is C27H23BrClN3O3S. The van der Waals surface area contributed by atoms with Crippen molar-refractivity contribution in [3.8, 4) is 5.75 Å². The summed E-state index contributed by atoms with van der Waals surface area (Å²) in [6.07, 6.45) is 0. The van der Waals surface area contributed by atoms with Crippen molar-refractivity contribution in [1.29, 1.82) is 0 Å². The Morgan fingerprint density at radius 1 is 1.03 bits per heavy atom. The molecule has 9 heteroatoms. The number of hydrogen-bond donors (Lipinski definition) is 1. The number of piperazine rings is 1. The number of carbonyl (C=O) groups excluding carboxylic acids is 2. The van der Waals surface area contributed by atoms with Crippen molar-refractivity contribution in [1.82, 2.24) is 4.90 Å². The summed E-state index contributed by atoms with van der Waals surface area (Å²) in [6.45, 7) is 2.63. The lowest BCUT2D eigenvalue weighted by atomic mass is 10.0. The molecule has 2 amide bonds. The second kappa shape index (κ2) is 10.5. The third-order valence-corrected chi connectivity index (χ3v) is 8.18. The number of thiophene rings is 1. The lowest BCUT2D eigenvalue weighted by Crippen LogP contribution is -2.48. The molecule has 0 atom stereocenters. The Labute approximate surface area is 226 Å². The number of hydrogen-bond acceptors (Lipinski definition) is 5. The molecule has 1 N–H and O–H groups in total. The van der Waals surface area contributed by atoms with Gasteiger partial charge in [-0.25, -0.2) is 0 Å². The number of carbonyl (C=O) groups is 2. The summed E-state index contributed by atoms with van der Waals surface area (Å²) < 4.78 is 6.28. The van der Waals surface area contributed by atoms with E-state index in [-0.39, 0.29) is 11.8 Å². The zero-order valence-corrected chi connectivity index (χ0v) is 22.6. The van der Waals surface area contributed by atoms with Crippen LogP contribution in [0.15, 0.2) is 70.5 Å². The maximum atomic E-state index is 13.2. The molecule has 184 valence electrons. The van der Waals surface area contributed by atoms with Gasteiger partial charge in [0.1, 0.15) is 5.75 Å². The highest BCUT2D eigenvalue weighted by Crippen LogP contribution is 2.37. The van der Waals surface area contributed by atoms with Crippen molar-refractivity contribution >= 4 is 72.8 Å². The molecule has 1 aliphatic heterocycles. The second-order valence-electron chi connectivity index (χ2n) is 8.37. The number of amides is 2. The van der Waals surface area contributed by atoms with Crippen LogP contribution in [0.4, 0.5) is 11.4 Å². The minimum atomic E-state index is -0.289. The van der Waals surface area contributed by atoms with Crippen LogP contribution in [0.2, 0.25) is 5.02 Å². The summed E-state index contributed by atoms with van der Waals surface area (Å²) in [6, 6.07) is 18.9. The van der Waals surface area contributed by atoms with E-state index in [0.717, 1.165) is 25.8 Å². The predicted octanol–water partition coefficient (Wildman–Crippen LogP) is 6.54. The molecule has 6 nitrogen and oxygen atoms in total. The van der Waals surface area contributed by atoms with Crippen molar-refractivity contribution < 1.29 is 14.3 Å². The number of fused-ring (bicyclic) bond motifs is 1. The summed E-state index contributed by atoms with van der Waals surface area (Å²) in [4.78, 5) is 30.6. The molecule has 5 rings (SSSR count). The van der Waals surface area contributed by atoms with Crippen LogP contribution in [-0.4, -0.2) is 50.0 Å². The number of halogens is 2. The first kappa shape index (κ1) is 24.6. The molecule has 3 aromatic carbocycles. The van der Waals surface area contributed by atoms with Crippen LogP contribution >= 0.6 is 38.9 Å². The third-order valence-electron chi connectivity index (χ3n) is 6.23. The molecule has 0 bridgehead atoms. The average molecular weight is 585 g/mol. The molecule has 1 aliphatic rings. The normalized spacial score (nSPS) is 13.6. The highest BCUT2D eigenvalue weighted by molar-refractivity contribution is 9.10. The van der Waals surface area contributed by atoms with E-state index in [1.807, 2.05) is 64.9 Å². The van der Waals surface area contributed by atoms with E-state index in [0.29, 0.717) is 48.2 Å². The van der Waals surface area contributed by atoms with E-state index in [1.54, 1.807) is 13.2 Å². The largest absolute Gasteiger partial charge is 0.495 e. The van der Waals surface area contributed by atoms with E-state index >= 15 is 0 Å². The van der Waals surface area contributed by atoms with Crippen molar-refractivity contribution in [3.05, 3.63) is 86.0 Å². The first-order chi connectivity index (χ1) is 17.5. The summed E-state index contributed by atoms with van der Waals surface area (Å²) in [5, 5.41) is 7.29. The maximum Gasteiger partial charge on any atom is 0.264 e. The van der Waals surface area contributed by atoms with Crippen LogP contribution in [0.5, 0.6) is 5.75 Å². The van der Waals surface area contributed by atoms with Gasteiger partial charge in [0.25, 0.3) is 11.8 Å². The molecule has 0 radical (unpaired) electrons. The van der Waals surface area contributed by atoms with Crippen LogP contribution in [0, 0.1) is 0 Å². The minimum Gasteiger partial charge on any atom is -0.495 e. The van der Waals surface area contributed by atoms with Crippen molar-refractivity contribution in [2.75, 3.05) is 43.5 Å². The molecule has 36 heavy (non-hydrogen) atoms. The highest BCUT2D eigenvalue weighted by atomic mass is 79.9. The number of rotatable bonds is 5. The number of benzene rings is 3. The van der Waals surface area contributed by atoms with Gasteiger partial charge in [-0.2, -0.15) is 0 Å². The van der Waals surface area contributed by atoms with E-state index in [9.17, 15) is 9.59 Å². The molecule has 0 unspecified atom stereocenters. The van der Waals surface area contributed by atoms with Crippen LogP contribution in [-0.2, 0) is 0 Å². The smallest absolute Gasteiger partial charge is 0.264 e. The Morgan fingerprint density at radius 2 is 1.81 bits per heavy atom. The maximum absolute atomic E-state index is 13.2. The molecule has 2 heterocycles. The first-order valence-electron chi connectivity index (χ1n) is 11.4. The molecule has 1 fully saturated rings. The number of nitrogens with zero attached hydrogens (tertiary/aromatic N) is 2. The van der Waals surface area contributed by atoms with Gasteiger partial charge >= 0.3 is 0 Å². The first-order valence-corrected chi connectivity index (χ1v) is 13.4. The standard InChI is InChI=1S/C27H23BrClN3O3S/c1-35-25-20(15-17-5-2-3-6-19(17)24(25)28)26(33)30-18-8-9-22(21(29)16-18)31-10-12-32(13-11-31)27(34)23-7-4-14-36-23/h2-9,14-16H,10-13H2,1H3,(H,30,33). The molecule has 1 aromatic heterocycles. The Kier molecular flexibility index (Phi) is 7.18. The SMILES string of the molecule is COc1c(C(=O)Nc2ccc(N3CCN(C(=O)c4cccs4)CC3)c(Cl)c2)cc2ccccc2c1Br. The Balaban J connectivity index is 1.29. The summed E-state index contributed by atoms with van der Waals surface area (Å²) in [7, 11) is 1.55. The van der Waals surface area contributed by atoms with Gasteiger partial charge < -0.3 is 19.9 Å². The van der Waals surface area contributed by atoms with E-state index < -0.39 is 0 Å². The van der Waals surface area contributed by atoms with Gasteiger partial charge in [-0.3, -0.25) is 9.59 Å². The Hall–Kier alpha value is -3.07. The summed E-state index contributed by atoms with van der Waals surface area (Å²) in [5.41, 5.74) is 1.89. The van der Waals surface area contributed by atoms with Gasteiger partial charge in [0.15, 0.2) is 0 Å². The van der Waals surface area contributed by atoms with Crippen LogP contribution < -0.4 is 15.0 Å². The molecular weight excluding hydrogens is 562 g/mol. The van der Waals surface area contributed by atoms with E-state index in [2.05, 4.69) is 26.1 Å². The van der Waals surface area contributed by atoms with Gasteiger partial charge in [-0.15, -0.1) is 11.3 Å². The van der Waals surface area contributed by atoms with Crippen molar-refractivity contribution in [2.24, 2.45) is 0 Å². The van der Waals surface area contributed by atoms with E-state index in [1.165, 1.54) is 11.3 Å². The van der Waals surface area contributed by atoms with Gasteiger partial charge in [0.05, 0.1) is 32.7 Å². The molecule has 0 aliphatic carbocycles. The fraction of sp³-hybridized carbons (Fsp3) is 0.185. The Morgan fingerprint density at radius 3 is 2.50 bits per heavy atom. The van der Waals surface area contributed by atoms with Crippen molar-refractivity contribution in [3.63, 3.8) is 0 Å². The van der Waals surface area contributed by atoms with Gasteiger partial charge in [-0.05, 0) is 62.4 Å². The predicted molar refractivity (Wildman–Crippen MR) is 150 cm³/mol. The van der Waals surface area contributed by atoms with Crippen molar-refractivity contribution in [2.45, 2.75) is 0 Å². The van der Waals surface area contributed by atoms with Crippen LogP contribution in [0.3, 0.4) is 0 Å². The molecule has 0 spiro atoms. The lowest BCUT2D eigenvalue weighted by Gasteiger charge is -2.36. The topological polar surface area (TPSA) is 61.9 Å². The van der Waals surface area contributed by atoms with Crippen LogP contribution in [0.1, 0.15) is 20.0 Å². The molecule has 4 aromatic rings. The summed E-state index contributed by atoms with van der Waals surface area (Å²) >= 11 is 11.7.